The number of carbonyl (C=O) groups is 1. The summed E-state index contributed by atoms with van der Waals surface area (Å²) in [7, 11) is 0. The number of rotatable bonds is 4. The number of amides is 1. The first-order chi connectivity index (χ1) is 10.5. The Hall–Kier alpha value is -1.61. The third-order valence-electron chi connectivity index (χ3n) is 4.13. The number of carbonyl (C=O) groups excluding carboxylic acids is 1. The zero-order chi connectivity index (χ0) is 16.1. The number of morpholine rings is 1. The van der Waals surface area contributed by atoms with Gasteiger partial charge in [0.1, 0.15) is 0 Å². The quantitative estimate of drug-likeness (QED) is 0.793. The maximum atomic E-state index is 12.5. The summed E-state index contributed by atoms with van der Waals surface area (Å²) >= 11 is 0. The largest absolute Gasteiger partial charge is 0.378 e. The van der Waals surface area contributed by atoms with E-state index in [9.17, 15) is 4.79 Å². The van der Waals surface area contributed by atoms with Gasteiger partial charge in [0.15, 0.2) is 0 Å². The summed E-state index contributed by atoms with van der Waals surface area (Å²) in [5.41, 5.74) is 3.57. The normalized spacial score (nSPS) is 16.5. The molecule has 22 heavy (non-hydrogen) atoms. The SMILES string of the molecule is CC(C)/C(=C\C(=O)N1CCOCC1)c1ccc(C(C)C)cc1. The van der Waals surface area contributed by atoms with Crippen LogP contribution in [0.25, 0.3) is 5.57 Å². The lowest BCUT2D eigenvalue weighted by atomic mass is 9.92. The van der Waals surface area contributed by atoms with Crippen molar-refractivity contribution in [3.63, 3.8) is 0 Å². The predicted octanol–water partition coefficient (Wildman–Crippen LogP) is 3.71. The molecule has 0 radical (unpaired) electrons. The van der Waals surface area contributed by atoms with Gasteiger partial charge in [-0.25, -0.2) is 0 Å². The average Bonchev–Trinajstić information content (AvgIpc) is 2.53. The van der Waals surface area contributed by atoms with E-state index in [1.165, 1.54) is 5.56 Å². The molecule has 0 atom stereocenters. The van der Waals surface area contributed by atoms with Crippen LogP contribution in [0.5, 0.6) is 0 Å². The first kappa shape index (κ1) is 16.8. The van der Waals surface area contributed by atoms with E-state index >= 15 is 0 Å². The van der Waals surface area contributed by atoms with Crippen molar-refractivity contribution in [2.75, 3.05) is 26.3 Å². The van der Waals surface area contributed by atoms with Crippen LogP contribution >= 0.6 is 0 Å². The highest BCUT2D eigenvalue weighted by Gasteiger charge is 2.17. The second-order valence-corrected chi connectivity index (χ2v) is 6.47. The zero-order valence-corrected chi connectivity index (χ0v) is 14.1. The second kappa shape index (κ2) is 7.59. The fraction of sp³-hybridized carbons (Fsp3) is 0.526. The number of hydrogen-bond donors (Lipinski definition) is 0. The van der Waals surface area contributed by atoms with Gasteiger partial charge in [0.2, 0.25) is 5.91 Å². The lowest BCUT2D eigenvalue weighted by Gasteiger charge is -2.26. The molecule has 0 aromatic heterocycles. The first-order valence-electron chi connectivity index (χ1n) is 8.17. The standard InChI is InChI=1S/C19H27NO2/c1-14(2)16-5-7-17(8-6-16)18(15(3)4)13-19(21)20-9-11-22-12-10-20/h5-8,13-15H,9-12H2,1-4H3/b18-13+. The Bertz CT molecular complexity index is 523. The number of ether oxygens (including phenoxy) is 1. The van der Waals surface area contributed by atoms with Gasteiger partial charge in [-0.15, -0.1) is 0 Å². The Kier molecular flexibility index (Phi) is 5.78. The molecule has 0 unspecified atom stereocenters. The highest BCUT2D eigenvalue weighted by molar-refractivity contribution is 5.95. The molecule has 120 valence electrons. The Morgan fingerprint density at radius 1 is 1.09 bits per heavy atom. The molecule has 0 spiro atoms. The van der Waals surface area contributed by atoms with Crippen LogP contribution in [-0.2, 0) is 9.53 Å². The van der Waals surface area contributed by atoms with Gasteiger partial charge in [0.05, 0.1) is 13.2 Å². The van der Waals surface area contributed by atoms with Crippen LogP contribution in [0.1, 0.15) is 44.7 Å². The molecule has 1 aromatic rings. The maximum Gasteiger partial charge on any atom is 0.247 e. The lowest BCUT2D eigenvalue weighted by Crippen LogP contribution is -2.40. The zero-order valence-electron chi connectivity index (χ0n) is 14.1. The fourth-order valence-corrected chi connectivity index (χ4v) is 2.65. The number of hydrogen-bond acceptors (Lipinski definition) is 2. The minimum Gasteiger partial charge on any atom is -0.378 e. The third kappa shape index (κ3) is 4.20. The Labute approximate surface area is 134 Å². The Balaban J connectivity index is 2.21. The van der Waals surface area contributed by atoms with Crippen molar-refractivity contribution < 1.29 is 9.53 Å². The molecular formula is C19H27NO2. The molecule has 1 aliphatic rings. The maximum absolute atomic E-state index is 12.5. The van der Waals surface area contributed by atoms with Gasteiger partial charge in [0.25, 0.3) is 0 Å². The fourth-order valence-electron chi connectivity index (χ4n) is 2.65. The van der Waals surface area contributed by atoms with Gasteiger partial charge in [0, 0.05) is 19.2 Å². The second-order valence-electron chi connectivity index (χ2n) is 6.47. The minimum atomic E-state index is 0.0972. The smallest absolute Gasteiger partial charge is 0.247 e. The van der Waals surface area contributed by atoms with Crippen LogP contribution in [0.15, 0.2) is 30.3 Å². The molecule has 1 aliphatic heterocycles. The van der Waals surface area contributed by atoms with Crippen molar-refractivity contribution in [1.82, 2.24) is 4.90 Å². The number of allylic oxidation sites excluding steroid dienone is 1. The van der Waals surface area contributed by atoms with E-state index in [4.69, 9.17) is 4.74 Å². The van der Waals surface area contributed by atoms with Gasteiger partial charge in [-0.2, -0.15) is 0 Å². The Morgan fingerprint density at radius 2 is 1.68 bits per heavy atom. The molecule has 1 heterocycles. The number of nitrogens with zero attached hydrogens (tertiary/aromatic N) is 1. The van der Waals surface area contributed by atoms with Gasteiger partial charge in [-0.1, -0.05) is 52.0 Å². The molecule has 0 N–H and O–H groups in total. The van der Waals surface area contributed by atoms with Gasteiger partial charge in [-0.05, 0) is 28.5 Å². The number of benzene rings is 1. The van der Waals surface area contributed by atoms with E-state index in [0.29, 0.717) is 38.1 Å². The van der Waals surface area contributed by atoms with Crippen LogP contribution < -0.4 is 0 Å². The minimum absolute atomic E-state index is 0.0972. The van der Waals surface area contributed by atoms with Crippen molar-refractivity contribution in [3.8, 4) is 0 Å². The predicted molar refractivity (Wildman–Crippen MR) is 90.7 cm³/mol. The van der Waals surface area contributed by atoms with Crippen molar-refractivity contribution in [2.24, 2.45) is 5.92 Å². The van der Waals surface area contributed by atoms with Crippen molar-refractivity contribution in [2.45, 2.75) is 33.6 Å². The summed E-state index contributed by atoms with van der Waals surface area (Å²) in [6, 6.07) is 8.59. The molecule has 0 aliphatic carbocycles. The molecule has 1 amide bonds. The van der Waals surface area contributed by atoms with Gasteiger partial charge >= 0.3 is 0 Å². The summed E-state index contributed by atoms with van der Waals surface area (Å²) < 4.78 is 5.31. The van der Waals surface area contributed by atoms with E-state index in [0.717, 1.165) is 11.1 Å². The lowest BCUT2D eigenvalue weighted by molar-refractivity contribution is -0.129. The van der Waals surface area contributed by atoms with Crippen LogP contribution in [-0.4, -0.2) is 37.1 Å². The average molecular weight is 301 g/mol. The molecule has 1 saturated heterocycles. The molecule has 1 fully saturated rings. The van der Waals surface area contributed by atoms with Crippen molar-refractivity contribution >= 4 is 11.5 Å². The van der Waals surface area contributed by atoms with Gasteiger partial charge < -0.3 is 9.64 Å². The molecule has 3 nitrogen and oxygen atoms in total. The molecular weight excluding hydrogens is 274 g/mol. The van der Waals surface area contributed by atoms with E-state index in [-0.39, 0.29) is 5.91 Å². The molecule has 1 aromatic carbocycles. The summed E-state index contributed by atoms with van der Waals surface area (Å²) in [5, 5.41) is 0. The van der Waals surface area contributed by atoms with E-state index < -0.39 is 0 Å². The van der Waals surface area contributed by atoms with Crippen LogP contribution in [0.4, 0.5) is 0 Å². The monoisotopic (exact) mass is 301 g/mol. The van der Waals surface area contributed by atoms with Gasteiger partial charge in [-0.3, -0.25) is 4.79 Å². The van der Waals surface area contributed by atoms with Crippen LogP contribution in [0, 0.1) is 5.92 Å². The van der Waals surface area contributed by atoms with E-state index in [1.54, 1.807) is 6.08 Å². The van der Waals surface area contributed by atoms with Crippen molar-refractivity contribution in [3.05, 3.63) is 41.5 Å². The molecule has 0 bridgehead atoms. The van der Waals surface area contributed by atoms with Crippen LogP contribution in [0.2, 0.25) is 0 Å². The highest BCUT2D eigenvalue weighted by Crippen LogP contribution is 2.25. The van der Waals surface area contributed by atoms with Crippen molar-refractivity contribution in [1.29, 1.82) is 0 Å². The summed E-state index contributed by atoms with van der Waals surface area (Å²) in [6.07, 6.45) is 1.81. The molecule has 2 rings (SSSR count). The summed E-state index contributed by atoms with van der Waals surface area (Å²) in [4.78, 5) is 14.3. The first-order valence-corrected chi connectivity index (χ1v) is 8.17. The third-order valence-corrected chi connectivity index (χ3v) is 4.13. The Morgan fingerprint density at radius 3 is 2.18 bits per heavy atom. The summed E-state index contributed by atoms with van der Waals surface area (Å²) in [5.74, 6) is 0.935. The summed E-state index contributed by atoms with van der Waals surface area (Å²) in [6.45, 7) is 11.3. The topological polar surface area (TPSA) is 29.5 Å². The molecule has 3 heteroatoms. The van der Waals surface area contributed by atoms with E-state index in [1.807, 2.05) is 4.90 Å². The highest BCUT2D eigenvalue weighted by atomic mass is 16.5. The van der Waals surface area contributed by atoms with Crippen LogP contribution in [0.3, 0.4) is 0 Å². The van der Waals surface area contributed by atoms with E-state index in [2.05, 4.69) is 52.0 Å². The molecule has 0 saturated carbocycles.